The van der Waals surface area contributed by atoms with Gasteiger partial charge in [-0.1, -0.05) is 35.9 Å². The van der Waals surface area contributed by atoms with Crippen molar-refractivity contribution in [2.45, 2.75) is 6.92 Å². The van der Waals surface area contributed by atoms with Gasteiger partial charge in [0.15, 0.2) is 6.61 Å². The topological polar surface area (TPSA) is 46.0 Å². The number of anilines is 2. The molecule has 0 unspecified atom stereocenters. The molecule has 2 aromatic carbocycles. The third kappa shape index (κ3) is 4.68. The lowest BCUT2D eigenvalue weighted by Crippen LogP contribution is -3.14. The number of para-hydroxylation sites is 2. The molecule has 1 saturated heterocycles. The number of nitrogens with zero attached hydrogens (tertiary/aromatic N) is 1. The van der Waals surface area contributed by atoms with Gasteiger partial charge in [-0.05, 0) is 31.2 Å². The number of hydrogen-bond acceptors (Lipinski definition) is 3. The van der Waals surface area contributed by atoms with Crippen LogP contribution in [0.5, 0.6) is 5.75 Å². The number of halogens is 1. The Hall–Kier alpha value is -2.24. The third-order valence-electron chi connectivity index (χ3n) is 4.66. The Kier molecular flexibility index (Phi) is 6.36. The largest absolute Gasteiger partial charge is 0.484 e. The number of carbonyl (C=O) groups excluding carboxylic acids is 1. The molecule has 0 atom stereocenters. The Labute approximate surface area is 159 Å². The number of rotatable bonds is 6. The van der Waals surface area contributed by atoms with Gasteiger partial charge in [0, 0.05) is 0 Å². The molecular weight excluding hydrogens is 350 g/mol. The van der Waals surface area contributed by atoms with Crippen LogP contribution < -0.4 is 19.9 Å². The fourth-order valence-electron chi connectivity index (χ4n) is 3.19. The fourth-order valence-corrected chi connectivity index (χ4v) is 3.48. The van der Waals surface area contributed by atoms with E-state index in [1.807, 2.05) is 48.5 Å². The number of quaternary nitrogens is 1. The average Bonchev–Trinajstić information content (AvgIpc) is 2.68. The van der Waals surface area contributed by atoms with Crippen LogP contribution in [0.4, 0.5) is 11.4 Å². The van der Waals surface area contributed by atoms with E-state index in [9.17, 15) is 4.79 Å². The highest BCUT2D eigenvalue weighted by Crippen LogP contribution is 2.34. The Morgan fingerprint density at radius 2 is 1.88 bits per heavy atom. The fraction of sp³-hybridized carbons (Fsp3) is 0.350. The predicted octanol–water partition coefficient (Wildman–Crippen LogP) is 2.08. The predicted molar refractivity (Wildman–Crippen MR) is 105 cm³/mol. The molecule has 0 bridgehead atoms. The maximum Gasteiger partial charge on any atom is 0.262 e. The van der Waals surface area contributed by atoms with Crippen molar-refractivity contribution in [2.24, 2.45) is 0 Å². The highest BCUT2D eigenvalue weighted by Gasteiger charge is 2.23. The minimum Gasteiger partial charge on any atom is -0.484 e. The van der Waals surface area contributed by atoms with E-state index >= 15 is 0 Å². The van der Waals surface area contributed by atoms with Gasteiger partial charge in [0.05, 0.1) is 49.1 Å². The number of hydrogen-bond donors (Lipinski definition) is 2. The van der Waals surface area contributed by atoms with Crippen molar-refractivity contribution in [1.29, 1.82) is 0 Å². The highest BCUT2D eigenvalue weighted by molar-refractivity contribution is 6.34. The molecule has 6 heteroatoms. The van der Waals surface area contributed by atoms with Crippen LogP contribution >= 0.6 is 11.6 Å². The van der Waals surface area contributed by atoms with Crippen LogP contribution in [0.2, 0.25) is 5.02 Å². The van der Waals surface area contributed by atoms with Crippen molar-refractivity contribution in [3.8, 4) is 5.75 Å². The Morgan fingerprint density at radius 3 is 2.58 bits per heavy atom. The molecule has 1 aliphatic rings. The van der Waals surface area contributed by atoms with E-state index in [-0.39, 0.29) is 12.5 Å². The highest BCUT2D eigenvalue weighted by atomic mass is 35.5. The van der Waals surface area contributed by atoms with Crippen molar-refractivity contribution >= 4 is 28.9 Å². The van der Waals surface area contributed by atoms with Crippen LogP contribution in [0.25, 0.3) is 0 Å². The summed E-state index contributed by atoms with van der Waals surface area (Å²) in [5.74, 6) is 0.475. The number of ether oxygens (including phenoxy) is 1. The number of benzene rings is 2. The van der Waals surface area contributed by atoms with E-state index in [0.717, 1.165) is 44.1 Å². The second-order valence-corrected chi connectivity index (χ2v) is 6.78. The lowest BCUT2D eigenvalue weighted by atomic mass is 10.2. The standard InChI is InChI=1S/C20H24ClN3O2/c1-2-23-11-13-24(14-12-23)20-17(21)9-6-10-18(20)22-19(25)15-26-16-7-4-3-5-8-16/h3-10H,2,11-15H2,1H3,(H,22,25)/p+1. The number of likely N-dealkylation sites (N-methyl/N-ethyl adjacent to an activating group) is 1. The van der Waals surface area contributed by atoms with Crippen molar-refractivity contribution < 1.29 is 14.4 Å². The lowest BCUT2D eigenvalue weighted by molar-refractivity contribution is -0.898. The summed E-state index contributed by atoms with van der Waals surface area (Å²) < 4.78 is 5.52. The molecule has 26 heavy (non-hydrogen) atoms. The van der Waals surface area contributed by atoms with E-state index in [1.165, 1.54) is 0 Å². The molecular formula is C20H25ClN3O2+. The zero-order chi connectivity index (χ0) is 18.4. The van der Waals surface area contributed by atoms with Gasteiger partial charge in [-0.2, -0.15) is 0 Å². The normalized spacial score (nSPS) is 14.9. The molecule has 1 fully saturated rings. The van der Waals surface area contributed by atoms with Crippen molar-refractivity contribution in [3.05, 3.63) is 53.6 Å². The summed E-state index contributed by atoms with van der Waals surface area (Å²) in [6.07, 6.45) is 0. The molecule has 0 aromatic heterocycles. The maximum absolute atomic E-state index is 12.3. The summed E-state index contributed by atoms with van der Waals surface area (Å²) in [6, 6.07) is 14.9. The second kappa shape index (κ2) is 8.92. The van der Waals surface area contributed by atoms with Crippen molar-refractivity contribution in [3.63, 3.8) is 0 Å². The van der Waals surface area contributed by atoms with Crippen LogP contribution in [-0.2, 0) is 4.79 Å². The lowest BCUT2D eigenvalue weighted by Gasteiger charge is -2.34. The quantitative estimate of drug-likeness (QED) is 0.813. The SMILES string of the molecule is CC[NH+]1CCN(c2c(Cl)cccc2NC(=O)COc2ccccc2)CC1. The smallest absolute Gasteiger partial charge is 0.262 e. The first kappa shape index (κ1) is 18.5. The van der Waals surface area contributed by atoms with E-state index in [0.29, 0.717) is 10.8 Å². The molecule has 3 rings (SSSR count). The van der Waals surface area contributed by atoms with Gasteiger partial charge >= 0.3 is 0 Å². The van der Waals surface area contributed by atoms with Crippen LogP contribution in [0, 0.1) is 0 Å². The molecule has 0 radical (unpaired) electrons. The first-order chi connectivity index (χ1) is 12.7. The molecule has 0 spiro atoms. The molecule has 1 amide bonds. The molecule has 2 N–H and O–H groups in total. The molecule has 5 nitrogen and oxygen atoms in total. The van der Waals surface area contributed by atoms with Gasteiger partial charge in [-0.15, -0.1) is 0 Å². The minimum atomic E-state index is -0.199. The monoisotopic (exact) mass is 374 g/mol. The molecule has 138 valence electrons. The van der Waals surface area contributed by atoms with Crippen LogP contribution in [0.3, 0.4) is 0 Å². The van der Waals surface area contributed by atoms with Crippen LogP contribution in [0.1, 0.15) is 6.92 Å². The van der Waals surface area contributed by atoms with Gasteiger partial charge in [0.1, 0.15) is 5.75 Å². The number of carbonyl (C=O) groups is 1. The Morgan fingerprint density at radius 1 is 1.15 bits per heavy atom. The summed E-state index contributed by atoms with van der Waals surface area (Å²) in [5.41, 5.74) is 1.64. The van der Waals surface area contributed by atoms with Gasteiger partial charge in [-0.3, -0.25) is 4.79 Å². The van der Waals surface area contributed by atoms with Gasteiger partial charge in [0.2, 0.25) is 0 Å². The summed E-state index contributed by atoms with van der Waals surface area (Å²) in [4.78, 5) is 16.2. The maximum atomic E-state index is 12.3. The second-order valence-electron chi connectivity index (χ2n) is 6.38. The van der Waals surface area contributed by atoms with Crippen LogP contribution in [0.15, 0.2) is 48.5 Å². The first-order valence-electron chi connectivity index (χ1n) is 9.02. The van der Waals surface area contributed by atoms with E-state index in [2.05, 4.69) is 17.1 Å². The Balaban J connectivity index is 1.66. The average molecular weight is 375 g/mol. The summed E-state index contributed by atoms with van der Waals surface area (Å²) >= 11 is 6.46. The summed E-state index contributed by atoms with van der Waals surface area (Å²) in [5, 5.41) is 3.61. The van der Waals surface area contributed by atoms with Gasteiger partial charge < -0.3 is 19.9 Å². The third-order valence-corrected chi connectivity index (χ3v) is 4.97. The molecule has 1 heterocycles. The Bertz CT molecular complexity index is 731. The van der Waals surface area contributed by atoms with E-state index in [1.54, 1.807) is 4.90 Å². The van der Waals surface area contributed by atoms with Crippen molar-refractivity contribution in [1.82, 2.24) is 0 Å². The van der Waals surface area contributed by atoms with E-state index < -0.39 is 0 Å². The summed E-state index contributed by atoms with van der Waals surface area (Å²) in [7, 11) is 0. The zero-order valence-corrected chi connectivity index (χ0v) is 15.8. The van der Waals surface area contributed by atoms with Gasteiger partial charge in [0.25, 0.3) is 5.91 Å². The van der Waals surface area contributed by atoms with Gasteiger partial charge in [-0.25, -0.2) is 0 Å². The minimum absolute atomic E-state index is 0.0380. The number of amides is 1. The number of nitrogens with one attached hydrogen (secondary N) is 2. The van der Waals surface area contributed by atoms with Crippen molar-refractivity contribution in [2.75, 3.05) is 49.5 Å². The molecule has 1 aliphatic heterocycles. The summed E-state index contributed by atoms with van der Waals surface area (Å²) in [6.45, 7) is 7.31. The van der Waals surface area contributed by atoms with Crippen LogP contribution in [-0.4, -0.2) is 45.2 Å². The molecule has 0 aliphatic carbocycles. The molecule has 2 aromatic rings. The molecule has 0 saturated carbocycles. The number of piperazine rings is 1. The van der Waals surface area contributed by atoms with E-state index in [4.69, 9.17) is 16.3 Å². The first-order valence-corrected chi connectivity index (χ1v) is 9.40. The zero-order valence-electron chi connectivity index (χ0n) is 15.0.